The highest BCUT2D eigenvalue weighted by Gasteiger charge is 2.34. The molecule has 1 atom stereocenters. The van der Waals surface area contributed by atoms with E-state index in [9.17, 15) is 5.11 Å². The lowest BCUT2D eigenvalue weighted by Crippen LogP contribution is -2.27. The fourth-order valence-corrected chi connectivity index (χ4v) is 3.34. The Bertz CT molecular complexity index is 636. The van der Waals surface area contributed by atoms with E-state index in [0.717, 1.165) is 24.9 Å². The molecular formula is C16H23N3O. The second-order valence-electron chi connectivity index (χ2n) is 6.78. The number of aromatic nitrogens is 3. The Morgan fingerprint density at radius 2 is 2.20 bits per heavy atom. The maximum atomic E-state index is 10.4. The molecule has 1 unspecified atom stereocenters. The quantitative estimate of drug-likeness (QED) is 0.914. The molecule has 0 radical (unpaired) electrons. The maximum absolute atomic E-state index is 10.4. The lowest BCUT2D eigenvalue weighted by Gasteiger charge is -2.34. The topological polar surface area (TPSA) is 43.0 Å². The number of hydrogen-bond donors (Lipinski definition) is 1. The summed E-state index contributed by atoms with van der Waals surface area (Å²) in [4.78, 5) is 0. The molecule has 108 valence electrons. The van der Waals surface area contributed by atoms with E-state index in [1.54, 1.807) is 0 Å². The zero-order valence-corrected chi connectivity index (χ0v) is 12.7. The van der Waals surface area contributed by atoms with Crippen molar-refractivity contribution in [3.63, 3.8) is 0 Å². The summed E-state index contributed by atoms with van der Waals surface area (Å²) in [6.45, 7) is 7.40. The van der Waals surface area contributed by atoms with Gasteiger partial charge >= 0.3 is 0 Å². The minimum absolute atomic E-state index is 0.154. The molecule has 4 heteroatoms. The first-order chi connectivity index (χ1) is 9.37. The summed E-state index contributed by atoms with van der Waals surface area (Å²) in [6, 6.07) is 4.20. The smallest absolute Gasteiger partial charge is 0.0812 e. The molecule has 0 aromatic carbocycles. The molecule has 1 aliphatic carbocycles. The number of aliphatic hydroxyl groups is 1. The van der Waals surface area contributed by atoms with Crippen LogP contribution in [0.3, 0.4) is 0 Å². The van der Waals surface area contributed by atoms with Crippen molar-refractivity contribution in [1.82, 2.24) is 14.3 Å². The highest BCUT2D eigenvalue weighted by molar-refractivity contribution is 5.34. The van der Waals surface area contributed by atoms with Crippen LogP contribution in [-0.2, 0) is 20.0 Å². The van der Waals surface area contributed by atoms with E-state index >= 15 is 0 Å². The molecule has 1 N–H and O–H groups in total. The van der Waals surface area contributed by atoms with E-state index in [4.69, 9.17) is 0 Å². The van der Waals surface area contributed by atoms with Crippen molar-refractivity contribution in [2.75, 3.05) is 0 Å². The zero-order chi connectivity index (χ0) is 14.5. The molecule has 0 fully saturated rings. The predicted molar refractivity (Wildman–Crippen MR) is 78.5 cm³/mol. The van der Waals surface area contributed by atoms with E-state index in [-0.39, 0.29) is 11.5 Å². The third-order valence-electron chi connectivity index (χ3n) is 4.44. The summed E-state index contributed by atoms with van der Waals surface area (Å²) in [6.07, 6.45) is 3.36. The summed E-state index contributed by atoms with van der Waals surface area (Å²) >= 11 is 0. The van der Waals surface area contributed by atoms with Gasteiger partial charge in [-0.2, -0.15) is 5.10 Å². The van der Waals surface area contributed by atoms with Crippen LogP contribution in [0.25, 0.3) is 0 Å². The third kappa shape index (κ3) is 2.18. The van der Waals surface area contributed by atoms with Gasteiger partial charge in [-0.15, -0.1) is 0 Å². The number of fused-ring (bicyclic) bond motifs is 1. The van der Waals surface area contributed by atoms with Crippen LogP contribution in [0.1, 0.15) is 49.0 Å². The molecule has 20 heavy (non-hydrogen) atoms. The first-order valence-corrected chi connectivity index (χ1v) is 7.21. The summed E-state index contributed by atoms with van der Waals surface area (Å²) in [5, 5.41) is 14.6. The SMILES string of the molecule is Cc1cc2c(n1Cc1ccnn1C)CC(C)(C)CC2O. The van der Waals surface area contributed by atoms with Crippen LogP contribution in [0.2, 0.25) is 0 Å². The fourth-order valence-electron chi connectivity index (χ4n) is 3.34. The van der Waals surface area contributed by atoms with Gasteiger partial charge in [0.05, 0.1) is 18.3 Å². The van der Waals surface area contributed by atoms with Gasteiger partial charge in [0.1, 0.15) is 0 Å². The summed E-state index contributed by atoms with van der Waals surface area (Å²) in [5.41, 5.74) is 4.95. The highest BCUT2D eigenvalue weighted by atomic mass is 16.3. The molecule has 1 aliphatic rings. The van der Waals surface area contributed by atoms with Gasteiger partial charge in [0.15, 0.2) is 0 Å². The lowest BCUT2D eigenvalue weighted by atomic mass is 9.75. The normalized spacial score (nSPS) is 20.9. The standard InChI is InChI=1S/C16H23N3O/c1-11-7-13-14(8-16(2,3)9-15(13)20)19(11)10-12-5-6-17-18(12)4/h5-7,15,20H,8-10H2,1-4H3. The second-order valence-corrected chi connectivity index (χ2v) is 6.78. The van der Waals surface area contributed by atoms with E-state index in [0.29, 0.717) is 0 Å². The predicted octanol–water partition coefficient (Wildman–Crippen LogP) is 2.58. The lowest BCUT2D eigenvalue weighted by molar-refractivity contribution is 0.0980. The fraction of sp³-hybridized carbons (Fsp3) is 0.562. The van der Waals surface area contributed by atoms with Gasteiger partial charge in [-0.1, -0.05) is 13.8 Å². The molecule has 0 aliphatic heterocycles. The van der Waals surface area contributed by atoms with Crippen LogP contribution in [0.15, 0.2) is 18.3 Å². The minimum Gasteiger partial charge on any atom is -0.388 e. The number of hydrogen-bond acceptors (Lipinski definition) is 2. The summed E-state index contributed by atoms with van der Waals surface area (Å²) < 4.78 is 4.24. The highest BCUT2D eigenvalue weighted by Crippen LogP contribution is 2.42. The van der Waals surface area contributed by atoms with E-state index in [1.807, 2.05) is 17.9 Å². The average molecular weight is 273 g/mol. The summed E-state index contributed by atoms with van der Waals surface area (Å²) in [7, 11) is 1.97. The van der Waals surface area contributed by atoms with Gasteiger partial charge in [-0.05, 0) is 37.3 Å². The monoisotopic (exact) mass is 273 g/mol. The molecule has 0 saturated heterocycles. The zero-order valence-electron chi connectivity index (χ0n) is 12.7. The van der Waals surface area contributed by atoms with Gasteiger partial charge in [0, 0.05) is 30.2 Å². The Kier molecular flexibility index (Phi) is 3.01. The number of rotatable bonds is 2. The molecule has 4 nitrogen and oxygen atoms in total. The molecule has 0 spiro atoms. The molecule has 0 saturated carbocycles. The van der Waals surface area contributed by atoms with Gasteiger partial charge < -0.3 is 9.67 Å². The van der Waals surface area contributed by atoms with Crippen molar-refractivity contribution < 1.29 is 5.11 Å². The average Bonchev–Trinajstić information content (AvgIpc) is 2.86. The van der Waals surface area contributed by atoms with Crippen LogP contribution in [0, 0.1) is 12.3 Å². The molecule has 0 bridgehead atoms. The molecular weight excluding hydrogens is 250 g/mol. The van der Waals surface area contributed by atoms with Crippen molar-refractivity contribution in [3.05, 3.63) is 41.0 Å². The first-order valence-electron chi connectivity index (χ1n) is 7.21. The Morgan fingerprint density at radius 1 is 1.45 bits per heavy atom. The van der Waals surface area contributed by atoms with Gasteiger partial charge in [0.25, 0.3) is 0 Å². The van der Waals surface area contributed by atoms with E-state index < -0.39 is 0 Å². The molecule has 2 aromatic rings. The van der Waals surface area contributed by atoms with E-state index in [1.165, 1.54) is 17.1 Å². The van der Waals surface area contributed by atoms with Crippen molar-refractivity contribution in [1.29, 1.82) is 0 Å². The Balaban J connectivity index is 2.03. The van der Waals surface area contributed by atoms with Crippen molar-refractivity contribution >= 4 is 0 Å². The van der Waals surface area contributed by atoms with Gasteiger partial charge in [-0.25, -0.2) is 0 Å². The Morgan fingerprint density at radius 3 is 2.85 bits per heavy atom. The molecule has 2 aromatic heterocycles. The van der Waals surface area contributed by atoms with Gasteiger partial charge in [0.2, 0.25) is 0 Å². The molecule has 2 heterocycles. The molecule has 0 amide bonds. The maximum Gasteiger partial charge on any atom is 0.0812 e. The van der Waals surface area contributed by atoms with Gasteiger partial charge in [-0.3, -0.25) is 4.68 Å². The van der Waals surface area contributed by atoms with Crippen LogP contribution in [0.4, 0.5) is 0 Å². The first kappa shape index (κ1) is 13.4. The van der Waals surface area contributed by atoms with Crippen LogP contribution in [-0.4, -0.2) is 19.5 Å². The second kappa shape index (κ2) is 4.48. The number of nitrogens with zero attached hydrogens (tertiary/aromatic N) is 3. The number of aliphatic hydroxyl groups excluding tert-OH is 1. The Labute approximate surface area is 120 Å². The summed E-state index contributed by atoms with van der Waals surface area (Å²) in [5.74, 6) is 0. The van der Waals surface area contributed by atoms with Crippen molar-refractivity contribution in [3.8, 4) is 0 Å². The Hall–Kier alpha value is -1.55. The minimum atomic E-state index is -0.333. The van der Waals surface area contributed by atoms with Crippen LogP contribution < -0.4 is 0 Å². The van der Waals surface area contributed by atoms with E-state index in [2.05, 4.69) is 42.6 Å². The largest absolute Gasteiger partial charge is 0.388 e. The van der Waals surface area contributed by atoms with Crippen LogP contribution >= 0.6 is 0 Å². The van der Waals surface area contributed by atoms with Crippen molar-refractivity contribution in [2.45, 2.75) is 46.3 Å². The molecule has 3 rings (SSSR count). The third-order valence-corrected chi connectivity index (χ3v) is 4.44. The van der Waals surface area contributed by atoms with Crippen molar-refractivity contribution in [2.24, 2.45) is 12.5 Å². The van der Waals surface area contributed by atoms with Crippen LogP contribution in [0.5, 0.6) is 0 Å². The number of aryl methyl sites for hydroxylation is 2.